The Morgan fingerprint density at radius 1 is 0.400 bits per heavy atom. The van der Waals surface area contributed by atoms with E-state index in [-0.39, 0.29) is 0 Å². The lowest BCUT2D eigenvalue weighted by Gasteiger charge is -2.09. The first-order valence-corrected chi connectivity index (χ1v) is 14.0. The lowest BCUT2D eigenvalue weighted by molar-refractivity contribution is 0.257. The van der Waals surface area contributed by atoms with Crippen LogP contribution >= 0.6 is 0 Å². The Labute approximate surface area is 190 Å². The largest absolute Gasteiger partial charge is 0.396 e. The van der Waals surface area contributed by atoms with Gasteiger partial charge in [0.1, 0.15) is 0 Å². The van der Waals surface area contributed by atoms with Crippen molar-refractivity contribution in [3.63, 3.8) is 0 Å². The monoisotopic (exact) mass is 425 g/mol. The van der Waals surface area contributed by atoms with Gasteiger partial charge in [-0.25, -0.2) is 0 Å². The minimum Gasteiger partial charge on any atom is -0.396 e. The quantitative estimate of drug-likeness (QED) is 0.135. The van der Waals surface area contributed by atoms with Crippen molar-refractivity contribution in [1.29, 1.82) is 0 Å². The fourth-order valence-corrected chi connectivity index (χ4v) is 4.33. The maximum atomic E-state index is 10.1. The third-order valence-corrected chi connectivity index (χ3v) is 6.44. The Balaban J connectivity index is 3.13. The standard InChI is InChI=1S/C28H57O2/c1-2-3-4-5-6-7-8-10-13-16-19-22-25-28(30)26-23-20-17-14-11-9-12-15-18-21-24-27-29/h29-30H,2-27H2,1H3. The molecular formula is C28H57O2. The van der Waals surface area contributed by atoms with E-state index in [1.54, 1.807) is 0 Å². The van der Waals surface area contributed by atoms with Gasteiger partial charge in [-0.1, -0.05) is 148 Å². The van der Waals surface area contributed by atoms with Gasteiger partial charge in [-0.3, -0.25) is 0 Å². The third-order valence-electron chi connectivity index (χ3n) is 6.44. The van der Waals surface area contributed by atoms with Crippen molar-refractivity contribution in [3.8, 4) is 0 Å². The molecule has 0 aromatic heterocycles. The SMILES string of the molecule is CCCCCCCCCCCCCC[C](O)CCCCCCCCCCCCCO. The molecular weight excluding hydrogens is 368 g/mol. The van der Waals surface area contributed by atoms with Crippen LogP contribution in [0.2, 0.25) is 0 Å². The van der Waals surface area contributed by atoms with Crippen molar-refractivity contribution in [3.05, 3.63) is 6.10 Å². The molecule has 2 nitrogen and oxygen atoms in total. The molecule has 1 radical (unpaired) electrons. The van der Waals surface area contributed by atoms with E-state index in [0.717, 1.165) is 25.4 Å². The lowest BCUT2D eigenvalue weighted by Crippen LogP contribution is -1.96. The summed E-state index contributed by atoms with van der Waals surface area (Å²) in [6.07, 6.45) is 33.2. The second kappa shape index (κ2) is 27.0. The van der Waals surface area contributed by atoms with Gasteiger partial charge in [-0.15, -0.1) is 0 Å². The Hall–Kier alpha value is -0.0800. The third kappa shape index (κ3) is 26.0. The van der Waals surface area contributed by atoms with Crippen LogP contribution < -0.4 is 0 Å². The molecule has 0 aromatic carbocycles. The summed E-state index contributed by atoms with van der Waals surface area (Å²) in [6, 6.07) is 0. The van der Waals surface area contributed by atoms with Gasteiger partial charge < -0.3 is 10.2 Å². The molecule has 0 rings (SSSR count). The molecule has 2 N–H and O–H groups in total. The molecule has 0 bridgehead atoms. The van der Waals surface area contributed by atoms with E-state index in [9.17, 15) is 5.11 Å². The van der Waals surface area contributed by atoms with Gasteiger partial charge in [-0.2, -0.15) is 0 Å². The van der Waals surface area contributed by atoms with Crippen LogP contribution in [-0.4, -0.2) is 16.8 Å². The maximum absolute atomic E-state index is 10.1. The van der Waals surface area contributed by atoms with Crippen molar-refractivity contribution in [1.82, 2.24) is 0 Å². The van der Waals surface area contributed by atoms with Gasteiger partial charge in [0.25, 0.3) is 0 Å². The van der Waals surface area contributed by atoms with Gasteiger partial charge in [0.2, 0.25) is 0 Å². The fourth-order valence-electron chi connectivity index (χ4n) is 4.33. The lowest BCUT2D eigenvalue weighted by atomic mass is 10.0. The number of aliphatic hydroxyl groups is 2. The van der Waals surface area contributed by atoms with E-state index in [1.807, 2.05) is 0 Å². The molecule has 181 valence electrons. The van der Waals surface area contributed by atoms with Crippen LogP contribution in [0.1, 0.15) is 167 Å². The molecule has 0 aromatic rings. The summed E-state index contributed by atoms with van der Waals surface area (Å²) >= 11 is 0. The Kier molecular flexibility index (Phi) is 26.9. The van der Waals surface area contributed by atoms with Crippen LogP contribution in [0.15, 0.2) is 0 Å². The van der Waals surface area contributed by atoms with E-state index >= 15 is 0 Å². The van der Waals surface area contributed by atoms with Crippen molar-refractivity contribution in [2.45, 2.75) is 167 Å². The summed E-state index contributed by atoms with van der Waals surface area (Å²) in [5.74, 6) is 0. The van der Waals surface area contributed by atoms with Gasteiger partial charge in [0.15, 0.2) is 0 Å². The first-order valence-electron chi connectivity index (χ1n) is 14.0. The van der Waals surface area contributed by atoms with E-state index in [2.05, 4.69) is 6.92 Å². The molecule has 0 saturated carbocycles. The summed E-state index contributed by atoms with van der Waals surface area (Å²) < 4.78 is 0. The number of hydrogen-bond acceptors (Lipinski definition) is 2. The summed E-state index contributed by atoms with van der Waals surface area (Å²) in [7, 11) is 0. The van der Waals surface area contributed by atoms with E-state index in [4.69, 9.17) is 5.11 Å². The number of aliphatic hydroxyl groups excluding tert-OH is 2. The zero-order valence-electron chi connectivity index (χ0n) is 20.8. The number of rotatable bonds is 26. The van der Waals surface area contributed by atoms with Crippen LogP contribution in [0.25, 0.3) is 0 Å². The average molecular weight is 426 g/mol. The molecule has 0 unspecified atom stereocenters. The highest BCUT2D eigenvalue weighted by Gasteiger charge is 2.05. The zero-order valence-corrected chi connectivity index (χ0v) is 20.8. The molecule has 0 fully saturated rings. The molecule has 0 saturated heterocycles. The van der Waals surface area contributed by atoms with Crippen molar-refractivity contribution in [2.24, 2.45) is 0 Å². The Morgan fingerprint density at radius 2 is 0.667 bits per heavy atom. The smallest absolute Gasteiger partial charge is 0.0933 e. The van der Waals surface area contributed by atoms with Crippen LogP contribution in [0, 0.1) is 6.10 Å². The first kappa shape index (κ1) is 29.9. The van der Waals surface area contributed by atoms with Gasteiger partial charge >= 0.3 is 0 Å². The maximum Gasteiger partial charge on any atom is 0.0933 e. The molecule has 0 aliphatic carbocycles. The minimum atomic E-state index is 0.354. The second-order valence-electron chi connectivity index (χ2n) is 9.57. The highest BCUT2D eigenvalue weighted by Crippen LogP contribution is 2.19. The van der Waals surface area contributed by atoms with Crippen LogP contribution in [0.5, 0.6) is 0 Å². The van der Waals surface area contributed by atoms with Crippen LogP contribution in [0.3, 0.4) is 0 Å². The highest BCUT2D eigenvalue weighted by atomic mass is 16.3. The highest BCUT2D eigenvalue weighted by molar-refractivity contribution is 4.74. The normalized spacial score (nSPS) is 11.6. The van der Waals surface area contributed by atoms with E-state index in [1.165, 1.54) is 141 Å². The van der Waals surface area contributed by atoms with Crippen LogP contribution in [0.4, 0.5) is 0 Å². The molecule has 0 spiro atoms. The topological polar surface area (TPSA) is 40.5 Å². The van der Waals surface area contributed by atoms with Crippen molar-refractivity contribution < 1.29 is 10.2 Å². The fraction of sp³-hybridized carbons (Fsp3) is 0.964. The molecule has 0 atom stereocenters. The Morgan fingerprint density at radius 3 is 0.967 bits per heavy atom. The molecule has 2 heteroatoms. The van der Waals surface area contributed by atoms with E-state index in [0.29, 0.717) is 6.61 Å². The molecule has 0 amide bonds. The predicted octanol–water partition coefficient (Wildman–Crippen LogP) is 9.66. The van der Waals surface area contributed by atoms with E-state index < -0.39 is 0 Å². The molecule has 0 aliphatic rings. The number of hydrogen-bond donors (Lipinski definition) is 2. The van der Waals surface area contributed by atoms with Gasteiger partial charge in [0, 0.05) is 6.61 Å². The summed E-state index contributed by atoms with van der Waals surface area (Å²) in [5, 5.41) is 18.8. The first-order chi connectivity index (χ1) is 14.8. The Bertz CT molecular complexity index is 264. The van der Waals surface area contributed by atoms with Crippen molar-refractivity contribution in [2.75, 3.05) is 6.61 Å². The van der Waals surface area contributed by atoms with Crippen molar-refractivity contribution >= 4 is 0 Å². The van der Waals surface area contributed by atoms with Gasteiger partial charge in [-0.05, 0) is 19.3 Å². The molecule has 0 aliphatic heterocycles. The van der Waals surface area contributed by atoms with Crippen LogP contribution in [-0.2, 0) is 0 Å². The summed E-state index contributed by atoms with van der Waals surface area (Å²) in [6.45, 7) is 2.64. The average Bonchev–Trinajstić information content (AvgIpc) is 2.75. The minimum absolute atomic E-state index is 0.354. The second-order valence-corrected chi connectivity index (χ2v) is 9.57. The number of unbranched alkanes of at least 4 members (excludes halogenated alkanes) is 21. The van der Waals surface area contributed by atoms with Gasteiger partial charge in [0.05, 0.1) is 6.10 Å². The zero-order chi connectivity index (χ0) is 22.0. The molecule has 30 heavy (non-hydrogen) atoms. The summed E-state index contributed by atoms with van der Waals surface area (Å²) in [5.41, 5.74) is 0. The molecule has 0 heterocycles. The predicted molar refractivity (Wildman–Crippen MR) is 133 cm³/mol. The summed E-state index contributed by atoms with van der Waals surface area (Å²) in [4.78, 5) is 0.